The van der Waals surface area contributed by atoms with Crippen LogP contribution in [0.1, 0.15) is 33.3 Å². The quantitative estimate of drug-likeness (QED) is 0.641. The summed E-state index contributed by atoms with van der Waals surface area (Å²) in [5.41, 5.74) is 5.93. The van der Waals surface area contributed by atoms with E-state index in [4.69, 9.17) is 5.73 Å². The minimum absolute atomic E-state index is 0.188. The summed E-state index contributed by atoms with van der Waals surface area (Å²) >= 11 is 0. The van der Waals surface area contributed by atoms with Gasteiger partial charge < -0.3 is 11.1 Å². The number of carbonyl (C=O) groups is 2. The molecule has 3 N–H and O–H groups in total. The number of nitrogens with zero attached hydrogens (tertiary/aromatic N) is 1. The van der Waals surface area contributed by atoms with Gasteiger partial charge in [-0.2, -0.15) is 0 Å². The summed E-state index contributed by atoms with van der Waals surface area (Å²) in [4.78, 5) is 25.9. The summed E-state index contributed by atoms with van der Waals surface area (Å²) in [6.07, 6.45) is 0. The zero-order valence-electron chi connectivity index (χ0n) is 12.4. The van der Waals surface area contributed by atoms with Crippen LogP contribution >= 0.6 is 0 Å². The Balaban J connectivity index is 2.24. The minimum Gasteiger partial charge on any atom is -0.399 e. The molecule has 108 valence electrons. The zero-order valence-corrected chi connectivity index (χ0v) is 12.4. The standard InChI is InChI=1S/C15H21N3O2/c1-14(2,3)15(4)12(19)18(13(20)17-15)9-10-5-7-11(16)8-6-10/h5-8H,9,16H2,1-4H3,(H,17,20). The van der Waals surface area contributed by atoms with Gasteiger partial charge in [0.1, 0.15) is 5.54 Å². The largest absolute Gasteiger partial charge is 0.399 e. The van der Waals surface area contributed by atoms with Gasteiger partial charge in [-0.3, -0.25) is 9.69 Å². The van der Waals surface area contributed by atoms with Gasteiger partial charge in [0.05, 0.1) is 6.54 Å². The van der Waals surface area contributed by atoms with Crippen molar-refractivity contribution in [1.82, 2.24) is 10.2 Å². The highest BCUT2D eigenvalue weighted by molar-refractivity contribution is 6.07. The third-order valence-electron chi connectivity index (χ3n) is 4.10. The molecule has 1 aliphatic rings. The first-order chi connectivity index (χ1) is 9.15. The molecule has 3 amide bonds. The Morgan fingerprint density at radius 3 is 2.20 bits per heavy atom. The van der Waals surface area contributed by atoms with Crippen LogP contribution in [0.3, 0.4) is 0 Å². The molecule has 1 aromatic carbocycles. The molecule has 1 aliphatic heterocycles. The van der Waals surface area contributed by atoms with E-state index in [0.29, 0.717) is 5.69 Å². The maximum absolute atomic E-state index is 12.6. The topological polar surface area (TPSA) is 75.4 Å². The molecule has 1 fully saturated rings. The van der Waals surface area contributed by atoms with Gasteiger partial charge in [0.15, 0.2) is 0 Å². The number of nitrogens with one attached hydrogen (secondary N) is 1. The Kier molecular flexibility index (Phi) is 3.24. The van der Waals surface area contributed by atoms with E-state index in [9.17, 15) is 9.59 Å². The van der Waals surface area contributed by atoms with Gasteiger partial charge in [-0.25, -0.2) is 4.79 Å². The number of amides is 3. The molecule has 1 atom stereocenters. The summed E-state index contributed by atoms with van der Waals surface area (Å²) in [5.74, 6) is -0.188. The highest BCUT2D eigenvalue weighted by atomic mass is 16.2. The van der Waals surface area contributed by atoms with Crippen molar-refractivity contribution in [3.8, 4) is 0 Å². The molecule has 1 unspecified atom stereocenters. The van der Waals surface area contributed by atoms with Crippen LogP contribution in [0.5, 0.6) is 0 Å². The first-order valence-corrected chi connectivity index (χ1v) is 6.64. The van der Waals surface area contributed by atoms with Crippen molar-refractivity contribution in [2.24, 2.45) is 5.41 Å². The van der Waals surface area contributed by atoms with Gasteiger partial charge in [-0.1, -0.05) is 32.9 Å². The van der Waals surface area contributed by atoms with Crippen LogP contribution in [0.15, 0.2) is 24.3 Å². The fraction of sp³-hybridized carbons (Fsp3) is 0.467. The van der Waals surface area contributed by atoms with Gasteiger partial charge in [0.2, 0.25) is 0 Å². The fourth-order valence-electron chi connectivity index (χ4n) is 2.15. The third-order valence-corrected chi connectivity index (χ3v) is 4.10. The predicted octanol–water partition coefficient (Wildman–Crippen LogP) is 2.13. The van der Waals surface area contributed by atoms with E-state index in [2.05, 4.69) is 5.32 Å². The molecular formula is C15H21N3O2. The van der Waals surface area contributed by atoms with Gasteiger partial charge in [-0.15, -0.1) is 0 Å². The molecule has 0 aromatic heterocycles. The Bertz CT molecular complexity index is 545. The van der Waals surface area contributed by atoms with Crippen molar-refractivity contribution >= 4 is 17.6 Å². The van der Waals surface area contributed by atoms with Crippen LogP contribution in [0.2, 0.25) is 0 Å². The molecule has 2 rings (SSSR count). The third kappa shape index (κ3) is 2.24. The average molecular weight is 275 g/mol. The maximum atomic E-state index is 12.6. The normalized spacial score (nSPS) is 23.1. The number of hydrogen-bond acceptors (Lipinski definition) is 3. The first-order valence-electron chi connectivity index (χ1n) is 6.64. The van der Waals surface area contributed by atoms with E-state index in [1.807, 2.05) is 32.9 Å². The van der Waals surface area contributed by atoms with Gasteiger partial charge in [0.25, 0.3) is 5.91 Å². The molecule has 1 saturated heterocycles. The number of rotatable bonds is 2. The number of hydrogen-bond donors (Lipinski definition) is 2. The maximum Gasteiger partial charge on any atom is 0.325 e. The fourth-order valence-corrected chi connectivity index (χ4v) is 2.15. The van der Waals surface area contributed by atoms with E-state index in [1.165, 1.54) is 4.90 Å². The highest BCUT2D eigenvalue weighted by Crippen LogP contribution is 2.35. The first kappa shape index (κ1) is 14.4. The van der Waals surface area contributed by atoms with Gasteiger partial charge >= 0.3 is 6.03 Å². The molecule has 20 heavy (non-hydrogen) atoms. The molecule has 1 heterocycles. The zero-order chi connectivity index (χ0) is 15.1. The SMILES string of the molecule is CC(C)(C)C1(C)NC(=O)N(Cc2ccc(N)cc2)C1=O. The number of urea groups is 1. The van der Waals surface area contributed by atoms with Crippen molar-refractivity contribution in [2.75, 3.05) is 5.73 Å². The summed E-state index contributed by atoms with van der Waals surface area (Å²) < 4.78 is 0. The Morgan fingerprint density at radius 2 is 1.75 bits per heavy atom. The number of benzene rings is 1. The lowest BCUT2D eigenvalue weighted by molar-refractivity contribution is -0.134. The molecule has 0 saturated carbocycles. The van der Waals surface area contributed by atoms with Crippen LogP contribution in [0.25, 0.3) is 0 Å². The summed E-state index contributed by atoms with van der Waals surface area (Å²) in [6, 6.07) is 6.82. The van der Waals surface area contributed by atoms with E-state index < -0.39 is 5.54 Å². The smallest absolute Gasteiger partial charge is 0.325 e. The van der Waals surface area contributed by atoms with E-state index in [1.54, 1.807) is 19.1 Å². The monoisotopic (exact) mass is 275 g/mol. The molecule has 5 nitrogen and oxygen atoms in total. The molecular weight excluding hydrogens is 254 g/mol. The Morgan fingerprint density at radius 1 is 1.20 bits per heavy atom. The molecule has 0 aliphatic carbocycles. The summed E-state index contributed by atoms with van der Waals surface area (Å²) in [5, 5.41) is 2.81. The lowest BCUT2D eigenvalue weighted by Gasteiger charge is -2.35. The molecule has 0 radical (unpaired) electrons. The van der Waals surface area contributed by atoms with Crippen molar-refractivity contribution in [3.05, 3.63) is 29.8 Å². The van der Waals surface area contributed by atoms with Crippen molar-refractivity contribution in [2.45, 2.75) is 39.8 Å². The minimum atomic E-state index is -0.877. The average Bonchev–Trinajstić information content (AvgIpc) is 2.56. The molecule has 0 bridgehead atoms. The molecule has 0 spiro atoms. The van der Waals surface area contributed by atoms with Crippen LogP contribution in [0.4, 0.5) is 10.5 Å². The second kappa shape index (κ2) is 4.51. The number of nitrogen functional groups attached to an aromatic ring is 1. The van der Waals surface area contributed by atoms with Crippen molar-refractivity contribution in [3.63, 3.8) is 0 Å². The lowest BCUT2D eigenvalue weighted by atomic mass is 9.75. The van der Waals surface area contributed by atoms with Crippen LogP contribution in [0, 0.1) is 5.41 Å². The van der Waals surface area contributed by atoms with Crippen LogP contribution in [-0.2, 0) is 11.3 Å². The predicted molar refractivity (Wildman–Crippen MR) is 77.8 cm³/mol. The number of imide groups is 1. The van der Waals surface area contributed by atoms with Crippen LogP contribution < -0.4 is 11.1 Å². The molecule has 1 aromatic rings. The highest BCUT2D eigenvalue weighted by Gasteiger charge is 2.54. The van der Waals surface area contributed by atoms with E-state index >= 15 is 0 Å². The summed E-state index contributed by atoms with van der Waals surface area (Å²) in [6.45, 7) is 7.86. The van der Waals surface area contributed by atoms with Crippen LogP contribution in [-0.4, -0.2) is 22.4 Å². The van der Waals surface area contributed by atoms with Gasteiger partial charge in [-0.05, 0) is 30.0 Å². The van der Waals surface area contributed by atoms with E-state index in [0.717, 1.165) is 5.56 Å². The number of carbonyl (C=O) groups excluding carboxylic acids is 2. The second-order valence-corrected chi connectivity index (χ2v) is 6.44. The van der Waals surface area contributed by atoms with Crippen molar-refractivity contribution < 1.29 is 9.59 Å². The second-order valence-electron chi connectivity index (χ2n) is 6.44. The molecule has 5 heteroatoms. The van der Waals surface area contributed by atoms with Gasteiger partial charge in [0, 0.05) is 5.69 Å². The number of anilines is 1. The number of nitrogens with two attached hydrogens (primary N) is 1. The van der Waals surface area contributed by atoms with E-state index in [-0.39, 0.29) is 23.9 Å². The Hall–Kier alpha value is -2.04. The van der Waals surface area contributed by atoms with Crippen molar-refractivity contribution in [1.29, 1.82) is 0 Å². The summed E-state index contributed by atoms with van der Waals surface area (Å²) in [7, 11) is 0. The lowest BCUT2D eigenvalue weighted by Crippen LogP contribution is -2.54. The Labute approximate surface area is 119 Å².